The molecule has 0 N–H and O–H groups in total. The Bertz CT molecular complexity index is 240. The summed E-state index contributed by atoms with van der Waals surface area (Å²) in [6, 6.07) is 0. The van der Waals surface area contributed by atoms with Gasteiger partial charge in [-0.15, -0.1) is 0 Å². The summed E-state index contributed by atoms with van der Waals surface area (Å²) in [6.45, 7) is 9.60. The summed E-state index contributed by atoms with van der Waals surface area (Å²) < 4.78 is 5.28. The lowest BCUT2D eigenvalue weighted by molar-refractivity contribution is -0.143. The van der Waals surface area contributed by atoms with Crippen molar-refractivity contribution in [2.45, 2.75) is 105 Å². The van der Waals surface area contributed by atoms with Gasteiger partial charge in [0, 0.05) is 6.42 Å². The van der Waals surface area contributed by atoms with E-state index in [1.807, 2.05) is 0 Å². The molecule has 0 fully saturated rings. The number of hydrogen-bond acceptors (Lipinski definition) is 2. The van der Waals surface area contributed by atoms with Crippen LogP contribution < -0.4 is 0 Å². The number of rotatable bonds is 13. The summed E-state index contributed by atoms with van der Waals surface area (Å²) in [5, 5.41) is 0. The van der Waals surface area contributed by atoms with Crippen molar-refractivity contribution in [3.05, 3.63) is 0 Å². The van der Waals surface area contributed by atoms with Crippen LogP contribution in [-0.4, -0.2) is 12.6 Å². The Morgan fingerprint density at radius 3 is 1.95 bits per heavy atom. The maximum absolute atomic E-state index is 11.6. The number of hydrogen-bond donors (Lipinski definition) is 0. The van der Waals surface area contributed by atoms with Crippen LogP contribution >= 0.6 is 0 Å². The van der Waals surface area contributed by atoms with Crippen LogP contribution in [0.4, 0.5) is 0 Å². The fraction of sp³-hybridized carbons (Fsp3) is 0.947. The molecule has 0 aromatic carbocycles. The fourth-order valence-electron chi connectivity index (χ4n) is 2.42. The maximum Gasteiger partial charge on any atom is 0.305 e. The van der Waals surface area contributed by atoms with Crippen molar-refractivity contribution in [3.63, 3.8) is 0 Å². The molecule has 0 saturated carbocycles. The molecule has 0 aliphatic carbocycles. The molecule has 126 valence electrons. The molecule has 0 spiro atoms. The maximum atomic E-state index is 11.6. The average Bonchev–Trinajstić information content (AvgIpc) is 2.41. The molecule has 2 heteroatoms. The van der Waals surface area contributed by atoms with E-state index in [0.29, 0.717) is 18.4 Å². The van der Waals surface area contributed by atoms with Crippen molar-refractivity contribution in [1.29, 1.82) is 0 Å². The van der Waals surface area contributed by atoms with E-state index >= 15 is 0 Å². The van der Waals surface area contributed by atoms with Gasteiger partial charge in [-0.2, -0.15) is 0 Å². The molecular formula is C19H38O2. The van der Waals surface area contributed by atoms with Crippen molar-refractivity contribution in [2.24, 2.45) is 5.41 Å². The first-order valence-electron chi connectivity index (χ1n) is 9.11. The van der Waals surface area contributed by atoms with Gasteiger partial charge in [-0.3, -0.25) is 4.79 Å². The van der Waals surface area contributed by atoms with E-state index in [1.54, 1.807) is 0 Å². The highest BCUT2D eigenvalue weighted by atomic mass is 16.5. The normalized spacial score (nSPS) is 11.6. The van der Waals surface area contributed by atoms with Crippen LogP contribution in [-0.2, 0) is 9.53 Å². The standard InChI is InChI=1S/C19H38O2/c1-5-6-7-8-9-10-11-14-17-21-18(20)15-12-13-16-19(2,3)4/h5-17H2,1-4H3. The molecular weight excluding hydrogens is 260 g/mol. The summed E-state index contributed by atoms with van der Waals surface area (Å²) in [7, 11) is 0. The monoisotopic (exact) mass is 298 g/mol. The van der Waals surface area contributed by atoms with Gasteiger partial charge in [-0.25, -0.2) is 0 Å². The van der Waals surface area contributed by atoms with Crippen LogP contribution in [0.5, 0.6) is 0 Å². The van der Waals surface area contributed by atoms with Crippen molar-refractivity contribution >= 4 is 5.97 Å². The molecule has 0 saturated heterocycles. The topological polar surface area (TPSA) is 26.3 Å². The van der Waals surface area contributed by atoms with Crippen LogP contribution in [0.1, 0.15) is 105 Å². The van der Waals surface area contributed by atoms with Gasteiger partial charge in [-0.05, 0) is 24.7 Å². The van der Waals surface area contributed by atoms with E-state index < -0.39 is 0 Å². The first kappa shape index (κ1) is 20.5. The molecule has 0 aliphatic rings. The largest absolute Gasteiger partial charge is 0.466 e. The van der Waals surface area contributed by atoms with Gasteiger partial charge in [0.1, 0.15) is 0 Å². The number of ether oxygens (including phenoxy) is 1. The highest BCUT2D eigenvalue weighted by Gasteiger charge is 2.10. The van der Waals surface area contributed by atoms with Gasteiger partial charge in [0.2, 0.25) is 0 Å². The van der Waals surface area contributed by atoms with E-state index in [-0.39, 0.29) is 5.97 Å². The molecule has 0 aromatic heterocycles. The number of unbranched alkanes of at least 4 members (excludes halogenated alkanes) is 8. The fourth-order valence-corrected chi connectivity index (χ4v) is 2.42. The summed E-state index contributed by atoms with van der Waals surface area (Å²) in [5.74, 6) is -0.00754. The van der Waals surface area contributed by atoms with E-state index in [4.69, 9.17) is 4.74 Å². The SMILES string of the molecule is CCCCCCCCCCOC(=O)CCCCC(C)(C)C. The Labute approximate surface area is 133 Å². The van der Waals surface area contributed by atoms with Gasteiger partial charge in [0.25, 0.3) is 0 Å². The zero-order chi connectivity index (χ0) is 16.0. The molecule has 0 radical (unpaired) electrons. The lowest BCUT2D eigenvalue weighted by Crippen LogP contribution is -2.07. The van der Waals surface area contributed by atoms with Crippen LogP contribution in [0.15, 0.2) is 0 Å². The Balaban J connectivity index is 3.23. The number of esters is 1. The smallest absolute Gasteiger partial charge is 0.305 e. The minimum absolute atomic E-state index is 0.00754. The van der Waals surface area contributed by atoms with Gasteiger partial charge in [0.15, 0.2) is 0 Å². The molecule has 0 bridgehead atoms. The minimum Gasteiger partial charge on any atom is -0.466 e. The number of carbonyl (C=O) groups excluding carboxylic acids is 1. The quantitative estimate of drug-likeness (QED) is 0.295. The molecule has 0 unspecified atom stereocenters. The molecule has 2 nitrogen and oxygen atoms in total. The van der Waals surface area contributed by atoms with Gasteiger partial charge in [0.05, 0.1) is 6.61 Å². The Hall–Kier alpha value is -0.530. The Morgan fingerprint density at radius 2 is 1.38 bits per heavy atom. The van der Waals surface area contributed by atoms with Gasteiger partial charge >= 0.3 is 5.97 Å². The van der Waals surface area contributed by atoms with Crippen molar-refractivity contribution in [1.82, 2.24) is 0 Å². The lowest BCUT2D eigenvalue weighted by Gasteiger charge is -2.17. The zero-order valence-electron chi connectivity index (χ0n) is 15.0. The molecule has 0 aromatic rings. The zero-order valence-corrected chi connectivity index (χ0v) is 15.0. The molecule has 0 heterocycles. The number of carbonyl (C=O) groups is 1. The van der Waals surface area contributed by atoms with Crippen molar-refractivity contribution in [2.75, 3.05) is 6.61 Å². The van der Waals surface area contributed by atoms with Crippen LogP contribution in [0.2, 0.25) is 0 Å². The summed E-state index contributed by atoms with van der Waals surface area (Å²) in [4.78, 5) is 11.6. The molecule has 21 heavy (non-hydrogen) atoms. The van der Waals surface area contributed by atoms with Crippen LogP contribution in [0, 0.1) is 5.41 Å². The van der Waals surface area contributed by atoms with Gasteiger partial charge in [-0.1, -0.05) is 79.1 Å². The van der Waals surface area contributed by atoms with Crippen molar-refractivity contribution in [3.8, 4) is 0 Å². The van der Waals surface area contributed by atoms with Gasteiger partial charge < -0.3 is 4.74 Å². The molecule has 0 amide bonds. The first-order chi connectivity index (χ1) is 9.95. The predicted octanol–water partition coefficient (Wildman–Crippen LogP) is 6.28. The summed E-state index contributed by atoms with van der Waals surface area (Å²) in [6.07, 6.45) is 14.1. The minimum atomic E-state index is -0.00754. The van der Waals surface area contributed by atoms with E-state index in [9.17, 15) is 4.79 Å². The second-order valence-electron chi connectivity index (χ2n) is 7.46. The van der Waals surface area contributed by atoms with Crippen LogP contribution in [0.25, 0.3) is 0 Å². The third-order valence-corrected chi connectivity index (χ3v) is 3.82. The van der Waals surface area contributed by atoms with Crippen LogP contribution in [0.3, 0.4) is 0 Å². The second-order valence-corrected chi connectivity index (χ2v) is 7.46. The highest BCUT2D eigenvalue weighted by Crippen LogP contribution is 2.22. The second kappa shape index (κ2) is 13.2. The van der Waals surface area contributed by atoms with E-state index in [2.05, 4.69) is 27.7 Å². The molecule has 0 atom stereocenters. The van der Waals surface area contributed by atoms with E-state index in [0.717, 1.165) is 19.3 Å². The molecule has 0 aliphatic heterocycles. The predicted molar refractivity (Wildman–Crippen MR) is 91.5 cm³/mol. The first-order valence-corrected chi connectivity index (χ1v) is 9.11. The van der Waals surface area contributed by atoms with E-state index in [1.165, 1.54) is 51.4 Å². The Kier molecular flexibility index (Phi) is 12.8. The Morgan fingerprint density at radius 1 is 0.810 bits per heavy atom. The third-order valence-electron chi connectivity index (χ3n) is 3.82. The summed E-state index contributed by atoms with van der Waals surface area (Å²) in [5.41, 5.74) is 0.376. The average molecular weight is 299 g/mol. The molecule has 0 rings (SSSR count). The summed E-state index contributed by atoms with van der Waals surface area (Å²) >= 11 is 0. The third kappa shape index (κ3) is 17.4. The highest BCUT2D eigenvalue weighted by molar-refractivity contribution is 5.69. The lowest BCUT2D eigenvalue weighted by atomic mass is 9.89. The van der Waals surface area contributed by atoms with Crippen molar-refractivity contribution < 1.29 is 9.53 Å².